The third-order valence-corrected chi connectivity index (χ3v) is 7.41. The van der Waals surface area contributed by atoms with E-state index < -0.39 is 48.3 Å². The van der Waals surface area contributed by atoms with E-state index in [0.717, 1.165) is 18.5 Å². The van der Waals surface area contributed by atoms with Gasteiger partial charge in [0.2, 0.25) is 17.7 Å². The Morgan fingerprint density at radius 1 is 0.977 bits per heavy atom. The van der Waals surface area contributed by atoms with Crippen LogP contribution in [0.4, 0.5) is 0 Å². The van der Waals surface area contributed by atoms with Gasteiger partial charge in [0.15, 0.2) is 0 Å². The molecule has 0 radical (unpaired) electrons. The topological polar surface area (TPSA) is 191 Å². The van der Waals surface area contributed by atoms with E-state index in [9.17, 15) is 29.1 Å². The Bertz CT molecular complexity index is 1290. The number of aliphatic hydroxyl groups excluding tert-OH is 1. The first-order valence-corrected chi connectivity index (χ1v) is 14.3. The molecule has 2 aromatic carbocycles. The molecule has 0 aliphatic carbocycles. The smallest absolute Gasteiger partial charge is 0.335 e. The van der Waals surface area contributed by atoms with E-state index in [1.807, 2.05) is 51.1 Å². The summed E-state index contributed by atoms with van der Waals surface area (Å²) in [5.41, 5.74) is 6.03. The highest BCUT2D eigenvalue weighted by Gasteiger charge is 2.37. The van der Waals surface area contributed by atoms with Gasteiger partial charge in [-0.2, -0.15) is 0 Å². The molecule has 0 unspecified atom stereocenters. The number of rotatable bonds is 13. The van der Waals surface area contributed by atoms with Crippen molar-refractivity contribution in [1.29, 1.82) is 0 Å². The Kier molecular flexibility index (Phi) is 11.4. The zero-order chi connectivity index (χ0) is 31.7. The molecule has 7 N–H and O–H groups in total. The highest BCUT2D eigenvalue weighted by Crippen LogP contribution is 2.26. The van der Waals surface area contributed by atoms with Crippen molar-refractivity contribution in [3.8, 4) is 0 Å². The molecule has 12 heteroatoms. The van der Waals surface area contributed by atoms with Crippen LogP contribution in [0.1, 0.15) is 66.3 Å². The predicted molar refractivity (Wildman–Crippen MR) is 159 cm³/mol. The summed E-state index contributed by atoms with van der Waals surface area (Å²) in [6.07, 6.45) is 0.0822. The number of aromatic carboxylic acids is 1. The van der Waals surface area contributed by atoms with Crippen molar-refractivity contribution in [3.63, 3.8) is 0 Å². The maximum atomic E-state index is 13.4. The van der Waals surface area contributed by atoms with Crippen LogP contribution in [0.15, 0.2) is 54.6 Å². The molecular weight excluding hydrogens is 554 g/mol. The first kappa shape index (κ1) is 33.2. The van der Waals surface area contributed by atoms with Crippen molar-refractivity contribution >= 4 is 29.6 Å². The summed E-state index contributed by atoms with van der Waals surface area (Å²) in [6, 6.07) is 11.6. The Morgan fingerprint density at radius 2 is 1.60 bits per heavy atom. The van der Waals surface area contributed by atoms with Gasteiger partial charge in [-0.3, -0.25) is 24.1 Å². The summed E-state index contributed by atoms with van der Waals surface area (Å²) >= 11 is 0. The van der Waals surface area contributed by atoms with Gasteiger partial charge in [-0.1, -0.05) is 30.3 Å². The summed E-state index contributed by atoms with van der Waals surface area (Å²) in [7, 11) is 0. The maximum absolute atomic E-state index is 13.4. The Morgan fingerprint density at radius 3 is 2.19 bits per heavy atom. The third kappa shape index (κ3) is 9.62. The average Bonchev–Trinajstić information content (AvgIpc) is 3.46. The third-order valence-electron chi connectivity index (χ3n) is 7.41. The normalized spacial score (nSPS) is 17.3. The van der Waals surface area contributed by atoms with E-state index in [4.69, 9.17) is 10.8 Å². The number of nitrogens with one attached hydrogen (secondary N) is 3. The van der Waals surface area contributed by atoms with Crippen LogP contribution in [0.25, 0.3) is 0 Å². The molecule has 12 nitrogen and oxygen atoms in total. The first-order valence-electron chi connectivity index (χ1n) is 14.3. The van der Waals surface area contributed by atoms with Gasteiger partial charge in [0.1, 0.15) is 6.04 Å². The van der Waals surface area contributed by atoms with Crippen molar-refractivity contribution in [1.82, 2.24) is 20.9 Å². The van der Waals surface area contributed by atoms with Gasteiger partial charge in [-0.25, -0.2) is 4.79 Å². The van der Waals surface area contributed by atoms with Crippen molar-refractivity contribution in [2.24, 2.45) is 5.73 Å². The van der Waals surface area contributed by atoms with Gasteiger partial charge in [0, 0.05) is 17.6 Å². The van der Waals surface area contributed by atoms with Gasteiger partial charge >= 0.3 is 5.97 Å². The number of aliphatic hydroxyl groups is 1. The zero-order valence-electron chi connectivity index (χ0n) is 24.7. The fraction of sp³-hybridized carbons (Fsp3) is 0.452. The van der Waals surface area contributed by atoms with Crippen molar-refractivity contribution < 1.29 is 34.2 Å². The number of carboxylic acid groups (broad SMARTS) is 1. The molecule has 1 saturated heterocycles. The number of nitrogens with zero attached hydrogens (tertiary/aromatic N) is 1. The summed E-state index contributed by atoms with van der Waals surface area (Å²) in [6.45, 7) is 6.81. The van der Waals surface area contributed by atoms with E-state index in [1.165, 1.54) is 24.3 Å². The van der Waals surface area contributed by atoms with Gasteiger partial charge in [-0.15, -0.1) is 0 Å². The minimum Gasteiger partial charge on any atom is -0.478 e. The molecule has 1 heterocycles. The zero-order valence-corrected chi connectivity index (χ0v) is 24.7. The standard InChI is InChI=1S/C31H41N5O7/c1-31(2,3)36-15-7-10-24(36)29(41)33-18-25(37)22(16-19-8-5-4-6-9-19)34-28(40)23(17-26(32)38)35-27(39)20-11-13-21(14-12-20)30(42)43/h4-6,8-9,11-14,22-25,37H,7,10,15-18H2,1-3H3,(H2,32,38)(H,33,41)(H,34,40)(H,35,39)(H,42,43)/t22-,23-,24-,25+/m0/s1. The number of primary amides is 1. The Labute approximate surface area is 251 Å². The molecule has 0 saturated carbocycles. The van der Waals surface area contributed by atoms with E-state index in [2.05, 4.69) is 20.9 Å². The first-order chi connectivity index (χ1) is 20.3. The molecule has 2 aromatic rings. The molecule has 232 valence electrons. The second-order valence-corrected chi connectivity index (χ2v) is 11.7. The van der Waals surface area contributed by atoms with Crippen molar-refractivity contribution in [2.75, 3.05) is 13.1 Å². The van der Waals surface area contributed by atoms with Crippen LogP contribution in [0.5, 0.6) is 0 Å². The molecule has 1 fully saturated rings. The van der Waals surface area contributed by atoms with E-state index in [0.29, 0.717) is 6.42 Å². The van der Waals surface area contributed by atoms with Gasteiger partial charge in [-0.05, 0) is 76.4 Å². The average molecular weight is 596 g/mol. The van der Waals surface area contributed by atoms with Gasteiger partial charge in [0.05, 0.1) is 30.2 Å². The number of carbonyl (C=O) groups excluding carboxylic acids is 4. The van der Waals surface area contributed by atoms with Gasteiger partial charge < -0.3 is 31.9 Å². The number of carbonyl (C=O) groups is 5. The molecule has 4 amide bonds. The van der Waals surface area contributed by atoms with E-state index >= 15 is 0 Å². The largest absolute Gasteiger partial charge is 0.478 e. The quantitative estimate of drug-likeness (QED) is 0.196. The molecule has 43 heavy (non-hydrogen) atoms. The number of carboxylic acids is 1. The second-order valence-electron chi connectivity index (χ2n) is 11.7. The summed E-state index contributed by atoms with van der Waals surface area (Å²) in [5.74, 6) is -3.67. The predicted octanol–water partition coefficient (Wildman–Crippen LogP) is 0.826. The number of benzene rings is 2. The second kappa shape index (κ2) is 14.7. The highest BCUT2D eigenvalue weighted by atomic mass is 16.4. The van der Waals surface area contributed by atoms with Crippen LogP contribution in [-0.4, -0.2) is 87.6 Å². The fourth-order valence-electron chi connectivity index (χ4n) is 5.16. The van der Waals surface area contributed by atoms with Crippen LogP contribution >= 0.6 is 0 Å². The highest BCUT2D eigenvalue weighted by molar-refractivity contribution is 5.99. The van der Waals surface area contributed by atoms with Crippen molar-refractivity contribution in [3.05, 3.63) is 71.3 Å². The number of hydrogen-bond acceptors (Lipinski definition) is 7. The molecule has 1 aliphatic heterocycles. The van der Waals surface area contributed by atoms with Crippen LogP contribution in [0, 0.1) is 0 Å². The van der Waals surface area contributed by atoms with Crippen molar-refractivity contribution in [2.45, 2.75) is 76.2 Å². The van der Waals surface area contributed by atoms with Crippen LogP contribution in [0.2, 0.25) is 0 Å². The SMILES string of the molecule is CC(C)(C)N1CCC[C@H]1C(=O)NC[C@@H](O)[C@H](Cc1ccccc1)NC(=O)[C@H](CC(N)=O)NC(=O)c1ccc(C(=O)O)cc1. The lowest BCUT2D eigenvalue weighted by atomic mass is 9.99. The van der Waals surface area contributed by atoms with Gasteiger partial charge in [0.25, 0.3) is 5.91 Å². The number of hydrogen-bond donors (Lipinski definition) is 6. The summed E-state index contributed by atoms with van der Waals surface area (Å²) < 4.78 is 0. The Balaban J connectivity index is 1.73. The van der Waals surface area contributed by atoms with E-state index in [1.54, 1.807) is 0 Å². The maximum Gasteiger partial charge on any atom is 0.335 e. The molecular formula is C31H41N5O7. The van der Waals surface area contributed by atoms with Crippen LogP contribution in [0.3, 0.4) is 0 Å². The molecule has 4 atom stereocenters. The molecule has 0 aromatic heterocycles. The summed E-state index contributed by atoms with van der Waals surface area (Å²) in [4.78, 5) is 64.3. The lowest BCUT2D eigenvalue weighted by Crippen LogP contribution is -2.57. The minimum atomic E-state index is -1.37. The number of amides is 4. The summed E-state index contributed by atoms with van der Waals surface area (Å²) in [5, 5.41) is 28.3. The molecule has 1 aliphatic rings. The lowest BCUT2D eigenvalue weighted by Gasteiger charge is -2.36. The number of nitrogens with two attached hydrogens (primary N) is 1. The minimum absolute atomic E-state index is 0.0214. The Hall–Kier alpha value is -4.29. The van der Waals surface area contributed by atoms with Crippen LogP contribution in [-0.2, 0) is 20.8 Å². The molecule has 0 bridgehead atoms. The monoisotopic (exact) mass is 595 g/mol. The number of likely N-dealkylation sites (tertiary alicyclic amines) is 1. The van der Waals surface area contributed by atoms with Crippen LogP contribution < -0.4 is 21.7 Å². The van der Waals surface area contributed by atoms with E-state index in [-0.39, 0.29) is 41.6 Å². The molecule has 0 spiro atoms. The fourth-order valence-corrected chi connectivity index (χ4v) is 5.16. The lowest BCUT2D eigenvalue weighted by molar-refractivity contribution is -0.128. The molecule has 3 rings (SSSR count).